The Morgan fingerprint density at radius 3 is 2.56 bits per heavy atom. The third kappa shape index (κ3) is 1.95. The summed E-state index contributed by atoms with van der Waals surface area (Å²) in [6.07, 6.45) is 1.50. The Bertz CT molecular complexity index is 523. The molecule has 0 saturated carbocycles. The lowest BCUT2D eigenvalue weighted by Gasteiger charge is -2.02. The number of rotatable bonds is 2. The number of aromatic nitrogens is 2. The second kappa shape index (κ2) is 4.18. The van der Waals surface area contributed by atoms with Crippen LogP contribution in [0.1, 0.15) is 16.2 Å². The zero-order valence-electron chi connectivity index (χ0n) is 8.64. The van der Waals surface area contributed by atoms with Crippen LogP contribution < -0.4 is 0 Å². The molecule has 1 aromatic carbocycles. The molecule has 0 radical (unpaired) electrons. The Morgan fingerprint density at radius 2 is 1.94 bits per heavy atom. The second-order valence-electron chi connectivity index (χ2n) is 3.41. The molecule has 4 heteroatoms. The van der Waals surface area contributed by atoms with Gasteiger partial charge >= 0.3 is 0 Å². The van der Waals surface area contributed by atoms with Crippen molar-refractivity contribution in [1.29, 1.82) is 0 Å². The van der Waals surface area contributed by atoms with Crippen molar-refractivity contribution in [3.8, 4) is 11.3 Å². The molecule has 80 valence electrons. The molecule has 0 aliphatic heterocycles. The minimum Gasteiger partial charge on any atom is -0.294 e. The molecule has 3 nitrogen and oxygen atoms in total. The largest absolute Gasteiger partial charge is 0.294 e. The number of aldehydes is 1. The smallest absolute Gasteiger partial charge is 0.193 e. The first-order chi connectivity index (χ1) is 7.70. The molecule has 2 aromatic rings. The summed E-state index contributed by atoms with van der Waals surface area (Å²) in [7, 11) is 0. The van der Waals surface area contributed by atoms with E-state index in [0.717, 1.165) is 11.8 Å². The number of hydrogen-bond acceptors (Lipinski definition) is 3. The SMILES string of the molecule is Cc1ccc(-c2nc(C=O)ncc2F)cc1. The molecule has 0 spiro atoms. The summed E-state index contributed by atoms with van der Waals surface area (Å²) in [5.74, 6) is -0.550. The second-order valence-corrected chi connectivity index (χ2v) is 3.41. The van der Waals surface area contributed by atoms with Crippen molar-refractivity contribution in [2.24, 2.45) is 0 Å². The quantitative estimate of drug-likeness (QED) is 0.724. The summed E-state index contributed by atoms with van der Waals surface area (Å²) in [5.41, 5.74) is 1.86. The highest BCUT2D eigenvalue weighted by molar-refractivity contribution is 5.71. The van der Waals surface area contributed by atoms with E-state index in [1.165, 1.54) is 0 Å². The topological polar surface area (TPSA) is 42.9 Å². The predicted octanol–water partition coefficient (Wildman–Crippen LogP) is 2.40. The van der Waals surface area contributed by atoms with Crippen molar-refractivity contribution in [2.75, 3.05) is 0 Å². The Morgan fingerprint density at radius 1 is 1.25 bits per heavy atom. The van der Waals surface area contributed by atoms with Gasteiger partial charge in [0.25, 0.3) is 0 Å². The highest BCUT2D eigenvalue weighted by Gasteiger charge is 2.08. The van der Waals surface area contributed by atoms with E-state index in [0.29, 0.717) is 11.8 Å². The fourth-order valence-corrected chi connectivity index (χ4v) is 1.35. The molecule has 0 fully saturated rings. The number of benzene rings is 1. The summed E-state index contributed by atoms with van der Waals surface area (Å²) >= 11 is 0. The van der Waals surface area contributed by atoms with Crippen molar-refractivity contribution >= 4 is 6.29 Å². The molecule has 0 aliphatic carbocycles. The molecular weight excluding hydrogens is 207 g/mol. The third-order valence-electron chi connectivity index (χ3n) is 2.19. The van der Waals surface area contributed by atoms with Gasteiger partial charge in [0.1, 0.15) is 5.69 Å². The fourth-order valence-electron chi connectivity index (χ4n) is 1.35. The molecule has 1 aromatic heterocycles. The standard InChI is InChI=1S/C12H9FN2O/c1-8-2-4-9(5-3-8)12-10(13)6-14-11(7-16)15-12/h2-7H,1H3. The van der Waals surface area contributed by atoms with Gasteiger partial charge in [0.05, 0.1) is 6.20 Å². The lowest BCUT2D eigenvalue weighted by atomic mass is 10.1. The van der Waals surface area contributed by atoms with Crippen LogP contribution in [0.3, 0.4) is 0 Å². The van der Waals surface area contributed by atoms with Crippen molar-refractivity contribution in [3.63, 3.8) is 0 Å². The number of aryl methyl sites for hydroxylation is 1. The maximum absolute atomic E-state index is 13.5. The van der Waals surface area contributed by atoms with Crippen molar-refractivity contribution in [3.05, 3.63) is 47.7 Å². The zero-order chi connectivity index (χ0) is 11.5. The first-order valence-electron chi connectivity index (χ1n) is 4.75. The predicted molar refractivity (Wildman–Crippen MR) is 57.6 cm³/mol. The van der Waals surface area contributed by atoms with Gasteiger partial charge in [-0.2, -0.15) is 0 Å². The molecule has 0 amide bonds. The number of nitrogens with zero attached hydrogens (tertiary/aromatic N) is 2. The van der Waals surface area contributed by atoms with Gasteiger partial charge in [-0.25, -0.2) is 14.4 Å². The van der Waals surface area contributed by atoms with Gasteiger partial charge in [0.15, 0.2) is 17.9 Å². The van der Waals surface area contributed by atoms with E-state index >= 15 is 0 Å². The van der Waals surface area contributed by atoms with Crippen molar-refractivity contribution < 1.29 is 9.18 Å². The van der Waals surface area contributed by atoms with E-state index in [9.17, 15) is 9.18 Å². The zero-order valence-corrected chi connectivity index (χ0v) is 8.64. The van der Waals surface area contributed by atoms with E-state index < -0.39 is 5.82 Å². The molecule has 0 bridgehead atoms. The summed E-state index contributed by atoms with van der Waals surface area (Å²) in [6, 6.07) is 7.24. The van der Waals surface area contributed by atoms with Crippen LogP contribution in [0.5, 0.6) is 0 Å². The number of hydrogen-bond donors (Lipinski definition) is 0. The van der Waals surface area contributed by atoms with E-state index in [4.69, 9.17) is 0 Å². The maximum Gasteiger partial charge on any atom is 0.193 e. The highest BCUT2D eigenvalue weighted by Crippen LogP contribution is 2.20. The van der Waals surface area contributed by atoms with Crippen LogP contribution in [0.4, 0.5) is 4.39 Å². The Balaban J connectivity index is 2.54. The lowest BCUT2D eigenvalue weighted by molar-refractivity contribution is 0.111. The average molecular weight is 216 g/mol. The van der Waals surface area contributed by atoms with Crippen molar-refractivity contribution in [1.82, 2.24) is 9.97 Å². The maximum atomic E-state index is 13.5. The summed E-state index contributed by atoms with van der Waals surface area (Å²) < 4.78 is 13.5. The van der Waals surface area contributed by atoms with Crippen molar-refractivity contribution in [2.45, 2.75) is 6.92 Å². The van der Waals surface area contributed by atoms with Gasteiger partial charge in [-0.05, 0) is 6.92 Å². The Kier molecular flexibility index (Phi) is 2.72. The molecule has 16 heavy (non-hydrogen) atoms. The van der Waals surface area contributed by atoms with Gasteiger partial charge in [-0.1, -0.05) is 29.8 Å². The number of halogens is 1. The summed E-state index contributed by atoms with van der Waals surface area (Å²) in [4.78, 5) is 17.9. The molecule has 1 heterocycles. The summed E-state index contributed by atoms with van der Waals surface area (Å²) in [5, 5.41) is 0. The third-order valence-corrected chi connectivity index (χ3v) is 2.19. The van der Waals surface area contributed by atoms with Gasteiger partial charge in [0.2, 0.25) is 0 Å². The van der Waals surface area contributed by atoms with Gasteiger partial charge in [0, 0.05) is 5.56 Å². The highest BCUT2D eigenvalue weighted by atomic mass is 19.1. The van der Waals surface area contributed by atoms with Crippen LogP contribution in [-0.2, 0) is 0 Å². The van der Waals surface area contributed by atoms with E-state index in [1.807, 2.05) is 19.1 Å². The molecule has 0 saturated heterocycles. The van der Waals surface area contributed by atoms with Crippen LogP contribution >= 0.6 is 0 Å². The molecule has 0 aliphatic rings. The molecule has 0 N–H and O–H groups in total. The number of carbonyl (C=O) groups is 1. The monoisotopic (exact) mass is 216 g/mol. The molecule has 2 rings (SSSR count). The van der Waals surface area contributed by atoms with Crippen LogP contribution in [-0.4, -0.2) is 16.3 Å². The average Bonchev–Trinajstić information content (AvgIpc) is 2.31. The number of carbonyl (C=O) groups excluding carboxylic acids is 1. The summed E-state index contributed by atoms with van der Waals surface area (Å²) in [6.45, 7) is 1.94. The van der Waals surface area contributed by atoms with Crippen LogP contribution in [0, 0.1) is 12.7 Å². The van der Waals surface area contributed by atoms with Crippen LogP contribution in [0.15, 0.2) is 30.5 Å². The van der Waals surface area contributed by atoms with Gasteiger partial charge in [-0.3, -0.25) is 4.79 Å². The van der Waals surface area contributed by atoms with Crippen LogP contribution in [0.25, 0.3) is 11.3 Å². The van der Waals surface area contributed by atoms with E-state index in [2.05, 4.69) is 9.97 Å². The molecular formula is C12H9FN2O. The first-order valence-corrected chi connectivity index (χ1v) is 4.75. The normalized spacial score (nSPS) is 10.1. The van der Waals surface area contributed by atoms with E-state index in [1.54, 1.807) is 12.1 Å². The first kappa shape index (κ1) is 10.4. The van der Waals surface area contributed by atoms with E-state index in [-0.39, 0.29) is 11.5 Å². The lowest BCUT2D eigenvalue weighted by Crippen LogP contribution is -1.98. The van der Waals surface area contributed by atoms with Gasteiger partial charge < -0.3 is 0 Å². The Hall–Kier alpha value is -2.10. The van der Waals surface area contributed by atoms with Crippen LogP contribution in [0.2, 0.25) is 0 Å². The van der Waals surface area contributed by atoms with Gasteiger partial charge in [-0.15, -0.1) is 0 Å². The minimum atomic E-state index is -0.533. The fraction of sp³-hybridized carbons (Fsp3) is 0.0833. The minimum absolute atomic E-state index is 0.0167. The Labute approximate surface area is 92.0 Å². The molecule has 0 unspecified atom stereocenters. The molecule has 0 atom stereocenters.